The van der Waals surface area contributed by atoms with Crippen molar-refractivity contribution < 1.29 is 4.74 Å². The van der Waals surface area contributed by atoms with E-state index in [2.05, 4.69) is 19.2 Å². The highest BCUT2D eigenvalue weighted by molar-refractivity contribution is 4.92. The molecule has 0 aromatic heterocycles. The molecule has 17 heavy (non-hydrogen) atoms. The van der Waals surface area contributed by atoms with Crippen LogP contribution in [0.15, 0.2) is 0 Å². The van der Waals surface area contributed by atoms with Gasteiger partial charge >= 0.3 is 0 Å². The van der Waals surface area contributed by atoms with Crippen LogP contribution >= 0.6 is 0 Å². The summed E-state index contributed by atoms with van der Waals surface area (Å²) < 4.78 is 5.84. The van der Waals surface area contributed by atoms with Crippen LogP contribution in [-0.2, 0) is 4.74 Å². The van der Waals surface area contributed by atoms with E-state index in [4.69, 9.17) is 4.74 Å². The van der Waals surface area contributed by atoms with Crippen molar-refractivity contribution in [3.63, 3.8) is 0 Å². The first-order valence-corrected chi connectivity index (χ1v) is 7.59. The molecule has 2 atom stereocenters. The van der Waals surface area contributed by atoms with E-state index >= 15 is 0 Å². The van der Waals surface area contributed by atoms with Crippen LogP contribution in [0.25, 0.3) is 0 Å². The number of hydrogen-bond acceptors (Lipinski definition) is 2. The Balaban J connectivity index is 1.85. The first-order chi connectivity index (χ1) is 8.27. The Hall–Kier alpha value is -0.0800. The molecule has 2 heteroatoms. The molecule has 1 saturated carbocycles. The second-order valence-corrected chi connectivity index (χ2v) is 6.09. The maximum absolute atomic E-state index is 5.84. The molecule has 2 rings (SSSR count). The summed E-state index contributed by atoms with van der Waals surface area (Å²) in [5, 5.41) is 3.56. The van der Waals surface area contributed by atoms with Gasteiger partial charge in [0, 0.05) is 18.6 Å². The number of nitrogens with one attached hydrogen (secondary N) is 1. The molecule has 1 saturated heterocycles. The topological polar surface area (TPSA) is 21.3 Å². The molecule has 1 aliphatic heterocycles. The van der Waals surface area contributed by atoms with Crippen molar-refractivity contribution in [2.75, 3.05) is 19.7 Å². The number of hydrogen-bond donors (Lipinski definition) is 1. The van der Waals surface area contributed by atoms with Gasteiger partial charge < -0.3 is 10.1 Å². The molecule has 2 fully saturated rings. The molecular formula is C15H29NO. The van der Waals surface area contributed by atoms with Crippen LogP contribution < -0.4 is 5.32 Å². The largest absolute Gasteiger partial charge is 0.378 e. The van der Waals surface area contributed by atoms with E-state index < -0.39 is 0 Å². The zero-order valence-electron chi connectivity index (χ0n) is 11.6. The summed E-state index contributed by atoms with van der Waals surface area (Å²) in [4.78, 5) is 0. The van der Waals surface area contributed by atoms with Crippen LogP contribution in [0.4, 0.5) is 0 Å². The summed E-state index contributed by atoms with van der Waals surface area (Å²) in [6.07, 6.45) is 10.4. The highest BCUT2D eigenvalue weighted by Gasteiger charge is 2.41. The third-order valence-corrected chi connectivity index (χ3v) is 5.08. The monoisotopic (exact) mass is 239 g/mol. The Morgan fingerprint density at radius 3 is 2.65 bits per heavy atom. The molecule has 2 nitrogen and oxygen atoms in total. The Morgan fingerprint density at radius 1 is 1.29 bits per heavy atom. The third kappa shape index (κ3) is 3.23. The number of ether oxygens (including phenoxy) is 1. The van der Waals surface area contributed by atoms with Gasteiger partial charge in [-0.3, -0.25) is 0 Å². The maximum atomic E-state index is 5.84. The van der Waals surface area contributed by atoms with Crippen LogP contribution in [0.3, 0.4) is 0 Å². The van der Waals surface area contributed by atoms with Gasteiger partial charge in [-0.2, -0.15) is 0 Å². The second-order valence-electron chi connectivity index (χ2n) is 6.09. The summed E-state index contributed by atoms with van der Waals surface area (Å²) >= 11 is 0. The molecule has 0 radical (unpaired) electrons. The van der Waals surface area contributed by atoms with Crippen molar-refractivity contribution in [3.05, 3.63) is 0 Å². The Bertz CT molecular complexity index is 225. The van der Waals surface area contributed by atoms with Gasteiger partial charge in [-0.25, -0.2) is 0 Å². The van der Waals surface area contributed by atoms with Crippen molar-refractivity contribution in [3.8, 4) is 0 Å². The van der Waals surface area contributed by atoms with Crippen molar-refractivity contribution in [1.82, 2.24) is 5.32 Å². The van der Waals surface area contributed by atoms with Gasteiger partial charge in [0.25, 0.3) is 0 Å². The Morgan fingerprint density at radius 2 is 2.06 bits per heavy atom. The number of rotatable bonds is 6. The average Bonchev–Trinajstić information content (AvgIpc) is 2.95. The smallest absolute Gasteiger partial charge is 0.0616 e. The Kier molecular flexibility index (Phi) is 4.87. The first-order valence-electron chi connectivity index (χ1n) is 7.59. The van der Waals surface area contributed by atoms with Crippen LogP contribution in [0.2, 0.25) is 0 Å². The van der Waals surface area contributed by atoms with Gasteiger partial charge in [-0.1, -0.05) is 32.6 Å². The van der Waals surface area contributed by atoms with Crippen LogP contribution in [0.5, 0.6) is 0 Å². The lowest BCUT2D eigenvalue weighted by Crippen LogP contribution is -2.39. The lowest BCUT2D eigenvalue weighted by molar-refractivity contribution is 0.0552. The van der Waals surface area contributed by atoms with E-state index in [0.29, 0.717) is 11.5 Å². The van der Waals surface area contributed by atoms with Gasteiger partial charge in [0.05, 0.1) is 6.10 Å². The molecule has 2 aliphatic rings. The molecule has 1 N–H and O–H groups in total. The predicted octanol–water partition coefficient (Wildman–Crippen LogP) is 3.36. The first kappa shape index (κ1) is 13.4. The van der Waals surface area contributed by atoms with Gasteiger partial charge in [0.15, 0.2) is 0 Å². The van der Waals surface area contributed by atoms with Crippen LogP contribution in [0, 0.1) is 11.3 Å². The maximum Gasteiger partial charge on any atom is 0.0616 e. The standard InChI is InChI=1S/C15H29NO/c1-3-16-12-15(10-11-17-13(15)2)9-8-14-6-4-5-7-14/h13-14,16H,3-12H2,1-2H3. The minimum absolute atomic E-state index is 0.429. The molecule has 100 valence electrons. The van der Waals surface area contributed by atoms with Gasteiger partial charge in [-0.05, 0) is 38.6 Å². The molecule has 0 bridgehead atoms. The van der Waals surface area contributed by atoms with Crippen molar-refractivity contribution in [2.45, 2.75) is 64.9 Å². The third-order valence-electron chi connectivity index (χ3n) is 5.08. The van der Waals surface area contributed by atoms with Gasteiger partial charge in [-0.15, -0.1) is 0 Å². The van der Waals surface area contributed by atoms with Crippen LogP contribution in [0.1, 0.15) is 58.8 Å². The summed E-state index contributed by atoms with van der Waals surface area (Å²) in [6.45, 7) is 7.68. The Labute approximate surface area is 107 Å². The fraction of sp³-hybridized carbons (Fsp3) is 1.00. The minimum atomic E-state index is 0.429. The molecule has 0 spiro atoms. The molecule has 0 aromatic rings. The lowest BCUT2D eigenvalue weighted by Gasteiger charge is -2.33. The lowest BCUT2D eigenvalue weighted by atomic mass is 9.75. The molecule has 0 aromatic carbocycles. The summed E-state index contributed by atoms with van der Waals surface area (Å²) in [5.41, 5.74) is 0.429. The SMILES string of the molecule is CCNCC1(CCC2CCCC2)CCOC1C. The van der Waals surface area contributed by atoms with Crippen molar-refractivity contribution >= 4 is 0 Å². The summed E-state index contributed by atoms with van der Waals surface area (Å²) in [6, 6.07) is 0. The van der Waals surface area contributed by atoms with E-state index in [1.165, 1.54) is 44.9 Å². The molecule has 2 unspecified atom stereocenters. The highest BCUT2D eigenvalue weighted by Crippen LogP contribution is 2.41. The quantitative estimate of drug-likeness (QED) is 0.767. The summed E-state index contributed by atoms with van der Waals surface area (Å²) in [5.74, 6) is 1.02. The van der Waals surface area contributed by atoms with Gasteiger partial charge in [0.2, 0.25) is 0 Å². The molecule has 1 aliphatic carbocycles. The van der Waals surface area contributed by atoms with Crippen molar-refractivity contribution in [1.29, 1.82) is 0 Å². The van der Waals surface area contributed by atoms with Gasteiger partial charge in [0.1, 0.15) is 0 Å². The van der Waals surface area contributed by atoms with Crippen molar-refractivity contribution in [2.24, 2.45) is 11.3 Å². The molecule has 0 amide bonds. The fourth-order valence-corrected chi connectivity index (χ4v) is 3.63. The second kappa shape index (κ2) is 6.19. The predicted molar refractivity (Wildman–Crippen MR) is 72.2 cm³/mol. The van der Waals surface area contributed by atoms with E-state index in [-0.39, 0.29) is 0 Å². The zero-order valence-corrected chi connectivity index (χ0v) is 11.6. The minimum Gasteiger partial charge on any atom is -0.378 e. The van der Waals surface area contributed by atoms with E-state index in [0.717, 1.165) is 25.6 Å². The van der Waals surface area contributed by atoms with E-state index in [9.17, 15) is 0 Å². The zero-order chi connectivity index (χ0) is 12.1. The molecule has 1 heterocycles. The molecular weight excluding hydrogens is 210 g/mol. The van der Waals surface area contributed by atoms with E-state index in [1.807, 2.05) is 0 Å². The normalized spacial score (nSPS) is 34.6. The average molecular weight is 239 g/mol. The van der Waals surface area contributed by atoms with Crippen LogP contribution in [-0.4, -0.2) is 25.8 Å². The summed E-state index contributed by atoms with van der Waals surface area (Å²) in [7, 11) is 0. The highest BCUT2D eigenvalue weighted by atomic mass is 16.5. The van der Waals surface area contributed by atoms with E-state index in [1.54, 1.807) is 0 Å². The fourth-order valence-electron chi connectivity index (χ4n) is 3.63.